The summed E-state index contributed by atoms with van der Waals surface area (Å²) in [5.74, 6) is -1.17. The number of rotatable bonds is 5. The lowest BCUT2D eigenvalue weighted by Crippen LogP contribution is -2.21. The molecule has 2 N–H and O–H groups in total. The third kappa shape index (κ3) is 3.23. The van der Waals surface area contributed by atoms with Crippen molar-refractivity contribution < 1.29 is 15.0 Å². The Bertz CT molecular complexity index is 531. The number of aromatic nitrogens is 1. The maximum atomic E-state index is 10.6. The van der Waals surface area contributed by atoms with Gasteiger partial charge in [0.15, 0.2) is 6.10 Å². The number of aliphatic hydroxyl groups excluding tert-OH is 1. The van der Waals surface area contributed by atoms with Gasteiger partial charge in [0.2, 0.25) is 0 Å². The quantitative estimate of drug-likeness (QED) is 0.866. The lowest BCUT2D eigenvalue weighted by molar-refractivity contribution is -0.147. The molecule has 4 heteroatoms. The Kier molecular flexibility index (Phi) is 4.02. The van der Waals surface area contributed by atoms with Gasteiger partial charge in [-0.15, -0.1) is 0 Å². The number of benzene rings is 1. The van der Waals surface area contributed by atoms with Gasteiger partial charge in [-0.2, -0.15) is 0 Å². The van der Waals surface area contributed by atoms with E-state index in [0.717, 1.165) is 11.3 Å². The van der Waals surface area contributed by atoms with Crippen molar-refractivity contribution in [1.82, 2.24) is 4.57 Å². The highest BCUT2D eigenvalue weighted by molar-refractivity contribution is 5.71. The fourth-order valence-electron chi connectivity index (χ4n) is 2.05. The van der Waals surface area contributed by atoms with E-state index in [1.807, 2.05) is 60.3 Å². The molecule has 0 bridgehead atoms. The summed E-state index contributed by atoms with van der Waals surface area (Å²) in [6, 6.07) is 11.8. The van der Waals surface area contributed by atoms with Gasteiger partial charge in [-0.05, 0) is 42.2 Å². The van der Waals surface area contributed by atoms with Crippen LogP contribution in [0.2, 0.25) is 0 Å². The molecule has 0 spiro atoms. The Hall–Kier alpha value is -2.07. The number of hydrogen-bond acceptors (Lipinski definition) is 2. The van der Waals surface area contributed by atoms with E-state index in [-0.39, 0.29) is 12.3 Å². The Morgan fingerprint density at radius 1 is 1.21 bits per heavy atom. The molecule has 1 aromatic carbocycles. The summed E-state index contributed by atoms with van der Waals surface area (Å²) >= 11 is 0. The molecule has 0 radical (unpaired) electrons. The summed E-state index contributed by atoms with van der Waals surface area (Å²) in [5.41, 5.74) is 2.08. The van der Waals surface area contributed by atoms with Crippen LogP contribution in [0.15, 0.2) is 48.8 Å². The Labute approximate surface area is 111 Å². The molecule has 0 aliphatic carbocycles. The molecule has 1 heterocycles. The monoisotopic (exact) mass is 259 g/mol. The molecule has 19 heavy (non-hydrogen) atoms. The molecule has 0 saturated heterocycles. The first-order chi connectivity index (χ1) is 9.08. The van der Waals surface area contributed by atoms with Crippen LogP contribution >= 0.6 is 0 Å². The first kappa shape index (κ1) is 13.4. The van der Waals surface area contributed by atoms with Crippen LogP contribution in [-0.2, 0) is 4.79 Å². The Morgan fingerprint density at radius 3 is 2.32 bits per heavy atom. The smallest absolute Gasteiger partial charge is 0.332 e. The SMILES string of the molecule is CC(CC(O)C(=O)O)c1ccc(-n2cccc2)cc1. The van der Waals surface area contributed by atoms with E-state index in [1.54, 1.807) is 0 Å². The molecule has 100 valence electrons. The molecule has 0 aliphatic rings. The number of aliphatic hydroxyl groups is 1. The average molecular weight is 259 g/mol. The minimum absolute atomic E-state index is 0.00446. The molecule has 4 nitrogen and oxygen atoms in total. The number of carbonyl (C=O) groups is 1. The first-order valence-electron chi connectivity index (χ1n) is 6.22. The lowest BCUT2D eigenvalue weighted by atomic mass is 9.95. The third-order valence-electron chi connectivity index (χ3n) is 3.23. The zero-order valence-electron chi connectivity index (χ0n) is 10.7. The van der Waals surface area contributed by atoms with E-state index in [4.69, 9.17) is 5.11 Å². The highest BCUT2D eigenvalue weighted by Gasteiger charge is 2.18. The topological polar surface area (TPSA) is 62.5 Å². The molecule has 2 atom stereocenters. The van der Waals surface area contributed by atoms with E-state index in [1.165, 1.54) is 0 Å². The minimum Gasteiger partial charge on any atom is -0.479 e. The van der Waals surface area contributed by atoms with Crippen molar-refractivity contribution in [3.8, 4) is 5.69 Å². The Morgan fingerprint density at radius 2 is 1.79 bits per heavy atom. The molecular weight excluding hydrogens is 242 g/mol. The summed E-state index contributed by atoms with van der Waals surface area (Å²) in [6.45, 7) is 1.91. The van der Waals surface area contributed by atoms with E-state index >= 15 is 0 Å². The number of carboxylic acids is 1. The third-order valence-corrected chi connectivity index (χ3v) is 3.23. The van der Waals surface area contributed by atoms with Gasteiger partial charge in [-0.3, -0.25) is 0 Å². The van der Waals surface area contributed by atoms with E-state index in [2.05, 4.69) is 0 Å². The molecule has 0 fully saturated rings. The van der Waals surface area contributed by atoms with Gasteiger partial charge in [-0.1, -0.05) is 19.1 Å². The predicted molar refractivity (Wildman–Crippen MR) is 72.4 cm³/mol. The van der Waals surface area contributed by atoms with Crippen LogP contribution in [0.1, 0.15) is 24.8 Å². The molecule has 2 rings (SSSR count). The summed E-state index contributed by atoms with van der Waals surface area (Å²) < 4.78 is 2.00. The number of aliphatic carboxylic acids is 1. The van der Waals surface area contributed by atoms with Crippen molar-refractivity contribution in [3.63, 3.8) is 0 Å². The normalized spacial score (nSPS) is 14.0. The maximum Gasteiger partial charge on any atom is 0.332 e. The molecule has 0 aliphatic heterocycles. The van der Waals surface area contributed by atoms with Crippen molar-refractivity contribution in [2.75, 3.05) is 0 Å². The maximum absolute atomic E-state index is 10.6. The summed E-state index contributed by atoms with van der Waals surface area (Å²) in [6.07, 6.45) is 2.84. The van der Waals surface area contributed by atoms with Crippen molar-refractivity contribution in [3.05, 3.63) is 54.4 Å². The largest absolute Gasteiger partial charge is 0.479 e. The fourth-order valence-corrected chi connectivity index (χ4v) is 2.05. The zero-order valence-corrected chi connectivity index (χ0v) is 10.7. The van der Waals surface area contributed by atoms with Gasteiger partial charge in [0, 0.05) is 18.1 Å². The highest BCUT2D eigenvalue weighted by Crippen LogP contribution is 2.22. The van der Waals surface area contributed by atoms with Gasteiger partial charge in [-0.25, -0.2) is 4.79 Å². The molecular formula is C15H17NO3. The summed E-state index contributed by atoms with van der Waals surface area (Å²) in [7, 11) is 0. The van der Waals surface area contributed by atoms with Gasteiger partial charge in [0.25, 0.3) is 0 Å². The Balaban J connectivity index is 2.08. The average Bonchev–Trinajstić information content (AvgIpc) is 2.92. The van der Waals surface area contributed by atoms with E-state index in [0.29, 0.717) is 0 Å². The predicted octanol–water partition coefficient (Wildman–Crippen LogP) is 2.42. The summed E-state index contributed by atoms with van der Waals surface area (Å²) in [4.78, 5) is 10.6. The van der Waals surface area contributed by atoms with Crippen molar-refractivity contribution >= 4 is 5.97 Å². The van der Waals surface area contributed by atoms with Crippen LogP contribution in [0.5, 0.6) is 0 Å². The van der Waals surface area contributed by atoms with Crippen LogP contribution in [0.3, 0.4) is 0 Å². The van der Waals surface area contributed by atoms with Crippen LogP contribution in [-0.4, -0.2) is 26.9 Å². The van der Waals surface area contributed by atoms with Crippen molar-refractivity contribution in [2.24, 2.45) is 0 Å². The standard InChI is InChI=1S/C15H17NO3/c1-11(10-14(17)15(18)19)12-4-6-13(7-5-12)16-8-2-3-9-16/h2-9,11,14,17H,10H2,1H3,(H,18,19). The molecule has 1 aromatic heterocycles. The first-order valence-corrected chi connectivity index (χ1v) is 6.22. The fraction of sp³-hybridized carbons (Fsp3) is 0.267. The molecule has 2 unspecified atom stereocenters. The zero-order chi connectivity index (χ0) is 13.8. The van der Waals surface area contributed by atoms with Crippen LogP contribution in [0.25, 0.3) is 5.69 Å². The summed E-state index contributed by atoms with van der Waals surface area (Å²) in [5, 5.41) is 18.1. The highest BCUT2D eigenvalue weighted by atomic mass is 16.4. The second-order valence-corrected chi connectivity index (χ2v) is 4.67. The number of nitrogens with zero attached hydrogens (tertiary/aromatic N) is 1. The van der Waals surface area contributed by atoms with Gasteiger partial charge in [0.05, 0.1) is 0 Å². The van der Waals surface area contributed by atoms with Crippen molar-refractivity contribution in [2.45, 2.75) is 25.4 Å². The molecule has 0 saturated carbocycles. The van der Waals surface area contributed by atoms with Crippen LogP contribution in [0, 0.1) is 0 Å². The number of carboxylic acid groups (broad SMARTS) is 1. The van der Waals surface area contributed by atoms with Gasteiger partial charge < -0.3 is 14.8 Å². The van der Waals surface area contributed by atoms with Crippen molar-refractivity contribution in [1.29, 1.82) is 0 Å². The van der Waals surface area contributed by atoms with E-state index < -0.39 is 12.1 Å². The second kappa shape index (κ2) is 5.71. The minimum atomic E-state index is -1.31. The van der Waals surface area contributed by atoms with Gasteiger partial charge >= 0.3 is 5.97 Å². The number of hydrogen-bond donors (Lipinski definition) is 2. The molecule has 2 aromatic rings. The van der Waals surface area contributed by atoms with E-state index in [9.17, 15) is 9.90 Å². The van der Waals surface area contributed by atoms with Crippen LogP contribution < -0.4 is 0 Å². The van der Waals surface area contributed by atoms with Gasteiger partial charge in [0.1, 0.15) is 0 Å². The second-order valence-electron chi connectivity index (χ2n) is 4.67. The molecule has 0 amide bonds. The lowest BCUT2D eigenvalue weighted by Gasteiger charge is -2.14. The van der Waals surface area contributed by atoms with Crippen LogP contribution in [0.4, 0.5) is 0 Å².